The number of fused-ring (bicyclic) bond motifs is 3. The standard InChI is InChI=1S/C21H18N2O4S2/c1-23-18-12-7-14-5-3-4-6-17(14)20(18)28-21(23)22-19(24)13-29(25,26)16-10-8-15(27-2)9-11-16/h3-12H,13H2,1-2H3. The Balaban J connectivity index is 1.70. The molecule has 0 aliphatic carbocycles. The smallest absolute Gasteiger partial charge is 0.263 e. The van der Waals surface area contributed by atoms with E-state index in [0.717, 1.165) is 21.0 Å². The fourth-order valence-electron chi connectivity index (χ4n) is 3.13. The number of hydrogen-bond acceptors (Lipinski definition) is 5. The van der Waals surface area contributed by atoms with Crippen LogP contribution >= 0.6 is 11.3 Å². The molecule has 29 heavy (non-hydrogen) atoms. The van der Waals surface area contributed by atoms with Gasteiger partial charge >= 0.3 is 0 Å². The number of amides is 1. The summed E-state index contributed by atoms with van der Waals surface area (Å²) in [7, 11) is -0.468. The minimum Gasteiger partial charge on any atom is -0.497 e. The van der Waals surface area contributed by atoms with Crippen LogP contribution in [0.1, 0.15) is 0 Å². The van der Waals surface area contributed by atoms with E-state index in [9.17, 15) is 13.2 Å². The zero-order chi connectivity index (χ0) is 20.6. The van der Waals surface area contributed by atoms with E-state index in [0.29, 0.717) is 10.6 Å². The van der Waals surface area contributed by atoms with Gasteiger partial charge in [-0.2, -0.15) is 4.99 Å². The summed E-state index contributed by atoms with van der Waals surface area (Å²) in [6.45, 7) is 0. The Morgan fingerprint density at radius 1 is 1.07 bits per heavy atom. The monoisotopic (exact) mass is 426 g/mol. The predicted octanol–water partition coefficient (Wildman–Crippen LogP) is 3.30. The van der Waals surface area contributed by atoms with Gasteiger partial charge in [0.05, 0.1) is 22.2 Å². The number of nitrogens with zero attached hydrogens (tertiary/aromatic N) is 2. The first-order valence-corrected chi connectivity index (χ1v) is 11.3. The lowest BCUT2D eigenvalue weighted by atomic mass is 10.1. The van der Waals surface area contributed by atoms with Crippen LogP contribution in [0, 0.1) is 0 Å². The second-order valence-electron chi connectivity index (χ2n) is 6.52. The Morgan fingerprint density at radius 3 is 2.52 bits per heavy atom. The Morgan fingerprint density at radius 2 is 1.79 bits per heavy atom. The molecular formula is C21H18N2O4S2. The van der Waals surface area contributed by atoms with Crippen molar-refractivity contribution in [1.82, 2.24) is 4.57 Å². The zero-order valence-corrected chi connectivity index (χ0v) is 17.5. The molecule has 0 N–H and O–H groups in total. The Labute approximate surface area is 171 Å². The molecule has 1 aromatic heterocycles. The molecule has 0 aliphatic rings. The number of hydrogen-bond donors (Lipinski definition) is 0. The number of benzene rings is 3. The number of ether oxygens (including phenoxy) is 1. The molecule has 0 radical (unpaired) electrons. The first-order valence-electron chi connectivity index (χ1n) is 8.81. The maximum atomic E-state index is 12.5. The third-order valence-corrected chi connectivity index (χ3v) is 7.45. The van der Waals surface area contributed by atoms with Gasteiger partial charge in [-0.3, -0.25) is 4.79 Å². The molecule has 0 atom stereocenters. The molecule has 0 aliphatic heterocycles. The highest BCUT2D eigenvalue weighted by molar-refractivity contribution is 7.92. The molecule has 1 heterocycles. The number of aromatic nitrogens is 1. The first kappa shape index (κ1) is 19.4. The van der Waals surface area contributed by atoms with Gasteiger partial charge in [-0.25, -0.2) is 8.42 Å². The summed E-state index contributed by atoms with van der Waals surface area (Å²) < 4.78 is 32.9. The van der Waals surface area contributed by atoms with E-state index in [1.54, 1.807) is 12.1 Å². The van der Waals surface area contributed by atoms with E-state index in [-0.39, 0.29) is 4.90 Å². The van der Waals surface area contributed by atoms with Crippen molar-refractivity contribution in [3.05, 3.63) is 65.5 Å². The minimum absolute atomic E-state index is 0.0635. The molecule has 0 saturated carbocycles. The van der Waals surface area contributed by atoms with Gasteiger partial charge in [0.15, 0.2) is 14.6 Å². The number of carbonyl (C=O) groups is 1. The molecule has 0 spiro atoms. The zero-order valence-electron chi connectivity index (χ0n) is 15.8. The van der Waals surface area contributed by atoms with E-state index in [1.807, 2.05) is 48.0 Å². The highest BCUT2D eigenvalue weighted by Gasteiger charge is 2.19. The molecule has 4 aromatic rings. The van der Waals surface area contributed by atoms with Crippen molar-refractivity contribution in [2.45, 2.75) is 4.90 Å². The van der Waals surface area contributed by atoms with Crippen molar-refractivity contribution in [3.8, 4) is 5.75 Å². The molecule has 8 heteroatoms. The largest absolute Gasteiger partial charge is 0.497 e. The average Bonchev–Trinajstić information content (AvgIpc) is 3.03. The summed E-state index contributed by atoms with van der Waals surface area (Å²) in [5.41, 5.74) is 0.943. The summed E-state index contributed by atoms with van der Waals surface area (Å²) in [5, 5.41) is 2.17. The van der Waals surface area contributed by atoms with Gasteiger partial charge in [0.2, 0.25) is 0 Å². The quantitative estimate of drug-likeness (QED) is 0.502. The van der Waals surface area contributed by atoms with Crippen molar-refractivity contribution in [1.29, 1.82) is 0 Å². The number of aryl methyl sites for hydroxylation is 1. The molecule has 0 fully saturated rings. The lowest BCUT2D eigenvalue weighted by molar-refractivity contribution is -0.115. The number of rotatable bonds is 4. The van der Waals surface area contributed by atoms with Crippen molar-refractivity contribution in [2.75, 3.05) is 12.9 Å². The second kappa shape index (κ2) is 7.46. The van der Waals surface area contributed by atoms with Crippen LogP contribution in [0.5, 0.6) is 5.75 Å². The van der Waals surface area contributed by atoms with Gasteiger partial charge in [0.1, 0.15) is 11.5 Å². The van der Waals surface area contributed by atoms with E-state index < -0.39 is 21.5 Å². The summed E-state index contributed by atoms with van der Waals surface area (Å²) >= 11 is 1.37. The van der Waals surface area contributed by atoms with E-state index in [1.165, 1.54) is 30.6 Å². The summed E-state index contributed by atoms with van der Waals surface area (Å²) in [5.74, 6) is -0.842. The minimum atomic E-state index is -3.79. The number of carbonyl (C=O) groups excluding carboxylic acids is 1. The van der Waals surface area contributed by atoms with Crippen molar-refractivity contribution in [3.63, 3.8) is 0 Å². The van der Waals surface area contributed by atoms with Crippen molar-refractivity contribution < 1.29 is 17.9 Å². The normalized spacial score (nSPS) is 12.6. The Kier molecular flexibility index (Phi) is 4.97. The van der Waals surface area contributed by atoms with Gasteiger partial charge in [-0.1, -0.05) is 41.7 Å². The molecular weight excluding hydrogens is 408 g/mol. The van der Waals surface area contributed by atoms with Crippen LogP contribution in [0.25, 0.3) is 21.0 Å². The van der Waals surface area contributed by atoms with Crippen LogP contribution in [0.4, 0.5) is 0 Å². The summed E-state index contributed by atoms with van der Waals surface area (Å²) in [6.07, 6.45) is 0. The third-order valence-electron chi connectivity index (χ3n) is 4.65. The van der Waals surface area contributed by atoms with Crippen LogP contribution < -0.4 is 9.54 Å². The fraction of sp³-hybridized carbons (Fsp3) is 0.143. The first-order chi connectivity index (χ1) is 13.9. The lowest BCUT2D eigenvalue weighted by Crippen LogP contribution is -2.19. The van der Waals surface area contributed by atoms with Crippen LogP contribution in [-0.2, 0) is 21.7 Å². The molecule has 0 unspecified atom stereocenters. The van der Waals surface area contributed by atoms with E-state index in [4.69, 9.17) is 4.74 Å². The second-order valence-corrected chi connectivity index (χ2v) is 9.49. The molecule has 1 amide bonds. The Hall–Kier alpha value is -2.97. The van der Waals surface area contributed by atoms with Crippen LogP contribution in [0.15, 0.2) is 70.6 Å². The maximum Gasteiger partial charge on any atom is 0.263 e. The van der Waals surface area contributed by atoms with Crippen molar-refractivity contribution in [2.24, 2.45) is 12.0 Å². The van der Waals surface area contributed by atoms with E-state index in [2.05, 4.69) is 4.99 Å². The van der Waals surface area contributed by atoms with E-state index >= 15 is 0 Å². The average molecular weight is 427 g/mol. The Bertz CT molecular complexity index is 1400. The molecule has 0 bridgehead atoms. The van der Waals surface area contributed by atoms with Crippen molar-refractivity contribution >= 4 is 48.1 Å². The fourth-order valence-corrected chi connectivity index (χ4v) is 5.41. The molecule has 3 aromatic carbocycles. The summed E-state index contributed by atoms with van der Waals surface area (Å²) in [6, 6.07) is 17.9. The SMILES string of the molecule is COc1ccc(S(=O)(=O)CC(=O)N=c2sc3c4ccccc4ccc3n2C)cc1. The molecule has 0 saturated heterocycles. The lowest BCUT2D eigenvalue weighted by Gasteiger charge is -2.03. The maximum absolute atomic E-state index is 12.5. The van der Waals surface area contributed by atoms with Crippen LogP contribution in [0.3, 0.4) is 0 Å². The molecule has 6 nitrogen and oxygen atoms in total. The third kappa shape index (κ3) is 3.68. The molecule has 4 rings (SSSR count). The molecule has 148 valence electrons. The van der Waals surface area contributed by atoms with Gasteiger partial charge in [0.25, 0.3) is 5.91 Å². The predicted molar refractivity (Wildman–Crippen MR) is 114 cm³/mol. The number of methoxy groups -OCH3 is 1. The summed E-state index contributed by atoms with van der Waals surface area (Å²) in [4.78, 5) is 17.1. The number of sulfone groups is 1. The topological polar surface area (TPSA) is 77.7 Å². The van der Waals surface area contributed by atoms with Gasteiger partial charge in [0, 0.05) is 12.4 Å². The van der Waals surface area contributed by atoms with Crippen LogP contribution in [0.2, 0.25) is 0 Å². The highest BCUT2D eigenvalue weighted by atomic mass is 32.2. The van der Waals surface area contributed by atoms with Gasteiger partial charge < -0.3 is 9.30 Å². The van der Waals surface area contributed by atoms with Gasteiger partial charge in [-0.05, 0) is 35.7 Å². The highest BCUT2D eigenvalue weighted by Crippen LogP contribution is 2.27. The van der Waals surface area contributed by atoms with Crippen LogP contribution in [-0.4, -0.2) is 31.8 Å². The number of thiazole rings is 1. The van der Waals surface area contributed by atoms with Gasteiger partial charge in [-0.15, -0.1) is 0 Å².